The molecule has 1 amide bonds. The molecule has 1 atom stereocenters. The number of aromatic nitrogens is 2. The van der Waals surface area contributed by atoms with Crippen LogP contribution < -0.4 is 10.5 Å². The van der Waals surface area contributed by atoms with Crippen molar-refractivity contribution in [3.05, 3.63) is 58.3 Å². The second-order valence-corrected chi connectivity index (χ2v) is 7.20. The minimum atomic E-state index is -0.291. The predicted molar refractivity (Wildman–Crippen MR) is 100 cm³/mol. The van der Waals surface area contributed by atoms with E-state index in [9.17, 15) is 14.0 Å². The van der Waals surface area contributed by atoms with Crippen LogP contribution in [0.15, 0.2) is 41.3 Å². The fourth-order valence-corrected chi connectivity index (χ4v) is 3.80. The Bertz CT molecular complexity index is 874. The van der Waals surface area contributed by atoms with Crippen molar-refractivity contribution in [2.75, 3.05) is 24.5 Å². The van der Waals surface area contributed by atoms with Gasteiger partial charge >= 0.3 is 0 Å². The molecule has 2 aliphatic heterocycles. The minimum absolute atomic E-state index is 0.0542. The van der Waals surface area contributed by atoms with Crippen LogP contribution in [0, 0.1) is 5.82 Å². The summed E-state index contributed by atoms with van der Waals surface area (Å²) in [4.78, 5) is 28.9. The third-order valence-corrected chi connectivity index (χ3v) is 5.46. The third-order valence-electron chi connectivity index (χ3n) is 5.46. The Morgan fingerprint density at radius 1 is 1.11 bits per heavy atom. The van der Waals surface area contributed by atoms with E-state index in [1.165, 1.54) is 23.2 Å². The first-order chi connectivity index (χ1) is 13.1. The second kappa shape index (κ2) is 7.50. The van der Waals surface area contributed by atoms with Gasteiger partial charge in [-0.1, -0.05) is 12.1 Å². The van der Waals surface area contributed by atoms with Crippen LogP contribution in [0.3, 0.4) is 0 Å². The maximum Gasteiger partial charge on any atom is 0.269 e. The lowest BCUT2D eigenvalue weighted by Crippen LogP contribution is -2.47. The molecule has 7 heteroatoms. The van der Waals surface area contributed by atoms with Gasteiger partial charge in [-0.15, -0.1) is 0 Å². The van der Waals surface area contributed by atoms with E-state index in [1.54, 1.807) is 29.3 Å². The standard InChI is InChI=1S/C20H23FN4O2/c21-16-6-4-15(5-7-16)18-8-11-24(18)20(27)14-25-19(26)12-17(13-22-25)23-9-2-1-3-10-23/h4-7,12-13,18H,1-3,8-11,14H2/t18-/m0/s1. The van der Waals surface area contributed by atoms with Crippen molar-refractivity contribution in [3.63, 3.8) is 0 Å². The quantitative estimate of drug-likeness (QED) is 0.829. The van der Waals surface area contributed by atoms with Crippen molar-refractivity contribution < 1.29 is 9.18 Å². The number of piperidine rings is 1. The van der Waals surface area contributed by atoms with Crippen LogP contribution in [-0.2, 0) is 11.3 Å². The number of anilines is 1. The number of rotatable bonds is 4. The average molecular weight is 370 g/mol. The summed E-state index contributed by atoms with van der Waals surface area (Å²) < 4.78 is 14.3. The van der Waals surface area contributed by atoms with Crippen molar-refractivity contribution in [2.45, 2.75) is 38.3 Å². The number of likely N-dealkylation sites (tertiary alicyclic amines) is 1. The highest BCUT2D eigenvalue weighted by molar-refractivity contribution is 5.77. The van der Waals surface area contributed by atoms with E-state index >= 15 is 0 Å². The molecule has 0 spiro atoms. The molecule has 0 saturated carbocycles. The van der Waals surface area contributed by atoms with Crippen LogP contribution in [0.4, 0.5) is 10.1 Å². The summed E-state index contributed by atoms with van der Waals surface area (Å²) in [5, 5.41) is 4.21. The molecule has 0 bridgehead atoms. The third kappa shape index (κ3) is 3.72. The van der Waals surface area contributed by atoms with Crippen LogP contribution in [0.5, 0.6) is 0 Å². The fraction of sp³-hybridized carbons (Fsp3) is 0.450. The molecule has 1 aromatic carbocycles. The molecule has 2 fully saturated rings. The van der Waals surface area contributed by atoms with Crippen molar-refractivity contribution in [1.82, 2.24) is 14.7 Å². The zero-order valence-corrected chi connectivity index (χ0v) is 15.2. The van der Waals surface area contributed by atoms with E-state index in [4.69, 9.17) is 0 Å². The summed E-state index contributed by atoms with van der Waals surface area (Å²) in [7, 11) is 0. The fourth-order valence-electron chi connectivity index (χ4n) is 3.80. The van der Waals surface area contributed by atoms with Gasteiger partial charge in [-0.2, -0.15) is 5.10 Å². The summed E-state index contributed by atoms with van der Waals surface area (Å²) in [6.45, 7) is 2.45. The van der Waals surface area contributed by atoms with Gasteiger partial charge in [0.05, 0.1) is 17.9 Å². The molecule has 142 valence electrons. The van der Waals surface area contributed by atoms with E-state index in [0.717, 1.165) is 43.6 Å². The molecule has 27 heavy (non-hydrogen) atoms. The maximum absolute atomic E-state index is 13.1. The van der Waals surface area contributed by atoms with Crippen LogP contribution in [-0.4, -0.2) is 40.2 Å². The average Bonchev–Trinajstić information content (AvgIpc) is 2.65. The van der Waals surface area contributed by atoms with Crippen molar-refractivity contribution in [2.24, 2.45) is 0 Å². The normalized spacial score (nSPS) is 19.7. The summed E-state index contributed by atoms with van der Waals surface area (Å²) in [5.41, 5.74) is 1.48. The van der Waals surface area contributed by atoms with Gasteiger partial charge in [0.2, 0.25) is 5.91 Å². The summed E-state index contributed by atoms with van der Waals surface area (Å²) in [5.74, 6) is -0.434. The lowest BCUT2D eigenvalue weighted by atomic mass is 9.94. The maximum atomic E-state index is 13.1. The van der Waals surface area contributed by atoms with E-state index in [2.05, 4.69) is 10.00 Å². The SMILES string of the molecule is O=C(Cn1ncc(N2CCCCC2)cc1=O)N1CC[C@H]1c1ccc(F)cc1. The smallest absolute Gasteiger partial charge is 0.269 e. The molecule has 0 unspecified atom stereocenters. The Hall–Kier alpha value is -2.70. The molecular formula is C20H23FN4O2. The lowest BCUT2D eigenvalue weighted by molar-refractivity contribution is -0.140. The van der Waals surface area contributed by atoms with Crippen LogP contribution in [0.2, 0.25) is 0 Å². The molecule has 2 aromatic rings. The number of amides is 1. The van der Waals surface area contributed by atoms with E-state index in [0.29, 0.717) is 6.54 Å². The molecule has 1 aromatic heterocycles. The minimum Gasteiger partial charge on any atom is -0.370 e. The van der Waals surface area contributed by atoms with Gasteiger partial charge in [0.1, 0.15) is 12.4 Å². The van der Waals surface area contributed by atoms with Gasteiger partial charge in [0.25, 0.3) is 5.56 Å². The van der Waals surface area contributed by atoms with E-state index in [-0.39, 0.29) is 29.9 Å². The number of hydrogen-bond acceptors (Lipinski definition) is 4. The van der Waals surface area contributed by atoms with Gasteiger partial charge in [0.15, 0.2) is 0 Å². The number of nitrogens with zero attached hydrogens (tertiary/aromatic N) is 4. The highest BCUT2D eigenvalue weighted by Gasteiger charge is 2.33. The number of carbonyl (C=O) groups excluding carboxylic acids is 1. The Kier molecular flexibility index (Phi) is 4.92. The second-order valence-electron chi connectivity index (χ2n) is 7.20. The van der Waals surface area contributed by atoms with Gasteiger partial charge < -0.3 is 9.80 Å². The zero-order chi connectivity index (χ0) is 18.8. The highest BCUT2D eigenvalue weighted by Crippen LogP contribution is 2.33. The lowest BCUT2D eigenvalue weighted by Gasteiger charge is -2.41. The molecule has 2 aliphatic rings. The van der Waals surface area contributed by atoms with Gasteiger partial charge in [-0.3, -0.25) is 9.59 Å². The first-order valence-corrected chi connectivity index (χ1v) is 9.49. The molecule has 6 nitrogen and oxygen atoms in total. The zero-order valence-electron chi connectivity index (χ0n) is 15.2. The van der Waals surface area contributed by atoms with Crippen molar-refractivity contribution in [3.8, 4) is 0 Å². The van der Waals surface area contributed by atoms with Crippen LogP contribution in [0.25, 0.3) is 0 Å². The number of hydrogen-bond donors (Lipinski definition) is 0. The topological polar surface area (TPSA) is 58.4 Å². The highest BCUT2D eigenvalue weighted by atomic mass is 19.1. The van der Waals surface area contributed by atoms with E-state index < -0.39 is 0 Å². The van der Waals surface area contributed by atoms with Crippen molar-refractivity contribution >= 4 is 11.6 Å². The summed E-state index contributed by atoms with van der Waals surface area (Å²) in [6.07, 6.45) is 5.99. The summed E-state index contributed by atoms with van der Waals surface area (Å²) in [6, 6.07) is 7.73. The van der Waals surface area contributed by atoms with E-state index in [1.807, 2.05) is 0 Å². The monoisotopic (exact) mass is 370 g/mol. The largest absolute Gasteiger partial charge is 0.370 e. The molecule has 4 rings (SSSR count). The summed E-state index contributed by atoms with van der Waals surface area (Å²) >= 11 is 0. The number of halogens is 1. The Balaban J connectivity index is 1.43. The molecule has 3 heterocycles. The van der Waals surface area contributed by atoms with Crippen molar-refractivity contribution in [1.29, 1.82) is 0 Å². The Labute approximate surface area is 157 Å². The van der Waals surface area contributed by atoms with Crippen LogP contribution in [0.1, 0.15) is 37.3 Å². The first-order valence-electron chi connectivity index (χ1n) is 9.49. The molecular weight excluding hydrogens is 347 g/mol. The molecule has 2 saturated heterocycles. The first kappa shape index (κ1) is 17.7. The molecule has 0 radical (unpaired) electrons. The predicted octanol–water partition coefficient (Wildman–Crippen LogP) is 2.35. The molecule has 0 N–H and O–H groups in total. The van der Waals surface area contributed by atoms with Gasteiger partial charge in [-0.05, 0) is 43.4 Å². The van der Waals surface area contributed by atoms with Gasteiger partial charge in [-0.25, -0.2) is 9.07 Å². The molecule has 0 aliphatic carbocycles. The Morgan fingerprint density at radius 2 is 1.85 bits per heavy atom. The number of benzene rings is 1. The number of carbonyl (C=O) groups is 1. The Morgan fingerprint density at radius 3 is 2.48 bits per heavy atom. The van der Waals surface area contributed by atoms with Crippen LogP contribution >= 0.6 is 0 Å². The van der Waals surface area contributed by atoms with Gasteiger partial charge in [0, 0.05) is 25.7 Å².